The lowest BCUT2D eigenvalue weighted by atomic mass is 10.1. The first-order valence-electron chi connectivity index (χ1n) is 9.39. The van der Waals surface area contributed by atoms with Crippen molar-refractivity contribution in [2.45, 2.75) is 46.5 Å². The van der Waals surface area contributed by atoms with Crippen molar-refractivity contribution in [1.29, 1.82) is 0 Å². The zero-order valence-electron chi connectivity index (χ0n) is 16.1. The van der Waals surface area contributed by atoms with Crippen LogP contribution in [0.5, 0.6) is 0 Å². The average Bonchev–Trinajstić information content (AvgIpc) is 2.55. The first-order chi connectivity index (χ1) is 11.7. The minimum Gasteiger partial charge on any atom is -0.387 e. The third-order valence-electron chi connectivity index (χ3n) is 3.37. The fourth-order valence-electron chi connectivity index (χ4n) is 1.93. The fraction of sp³-hybridized carbons (Fsp3) is 0.895. The number of unbranched alkanes of at least 4 members (excludes halogenated alkanes) is 1. The molecule has 0 aromatic rings. The standard InChI is InChI=1S/C19H39NO4/c1-5-6-10-21-11-12-22-13-14-23-15-16-24-17-19(4)20-9-7-8-18(2)3/h18,20H,4-17H2,1-3H3. The average molecular weight is 346 g/mol. The van der Waals surface area contributed by atoms with Crippen LogP contribution in [0.3, 0.4) is 0 Å². The van der Waals surface area contributed by atoms with Crippen molar-refractivity contribution < 1.29 is 18.9 Å². The summed E-state index contributed by atoms with van der Waals surface area (Å²) < 4.78 is 21.8. The molecule has 0 aromatic heterocycles. The molecule has 24 heavy (non-hydrogen) atoms. The fourth-order valence-corrected chi connectivity index (χ4v) is 1.93. The summed E-state index contributed by atoms with van der Waals surface area (Å²) in [5.74, 6) is 0.756. The molecule has 0 radical (unpaired) electrons. The minimum absolute atomic E-state index is 0.538. The molecule has 0 unspecified atom stereocenters. The zero-order valence-corrected chi connectivity index (χ0v) is 16.1. The number of ether oxygens (including phenoxy) is 4. The van der Waals surface area contributed by atoms with Gasteiger partial charge in [-0.2, -0.15) is 0 Å². The molecule has 0 saturated carbocycles. The summed E-state index contributed by atoms with van der Waals surface area (Å²) in [5, 5.41) is 3.29. The van der Waals surface area contributed by atoms with Crippen molar-refractivity contribution in [2.24, 2.45) is 5.92 Å². The van der Waals surface area contributed by atoms with Crippen molar-refractivity contribution in [3.05, 3.63) is 12.3 Å². The van der Waals surface area contributed by atoms with Crippen molar-refractivity contribution in [2.75, 3.05) is 59.4 Å². The van der Waals surface area contributed by atoms with Crippen LogP contribution in [0.4, 0.5) is 0 Å². The van der Waals surface area contributed by atoms with E-state index in [0.717, 1.165) is 37.6 Å². The van der Waals surface area contributed by atoms with Gasteiger partial charge in [-0.1, -0.05) is 33.8 Å². The summed E-state index contributed by atoms with van der Waals surface area (Å²) in [6.45, 7) is 16.6. The van der Waals surface area contributed by atoms with Gasteiger partial charge in [0.25, 0.3) is 0 Å². The summed E-state index contributed by atoms with van der Waals surface area (Å²) in [4.78, 5) is 0. The number of hydrogen-bond acceptors (Lipinski definition) is 5. The van der Waals surface area contributed by atoms with Gasteiger partial charge < -0.3 is 24.3 Å². The molecular weight excluding hydrogens is 306 g/mol. The van der Waals surface area contributed by atoms with Gasteiger partial charge in [0.05, 0.1) is 46.2 Å². The molecule has 0 fully saturated rings. The maximum Gasteiger partial charge on any atom is 0.0857 e. The third kappa shape index (κ3) is 19.4. The van der Waals surface area contributed by atoms with Gasteiger partial charge in [-0.15, -0.1) is 0 Å². The van der Waals surface area contributed by atoms with Gasteiger partial charge in [-0.05, 0) is 25.2 Å². The number of rotatable bonds is 19. The molecule has 0 heterocycles. The van der Waals surface area contributed by atoms with Gasteiger partial charge in [0.15, 0.2) is 0 Å². The molecule has 0 bridgehead atoms. The Morgan fingerprint density at radius 3 is 1.92 bits per heavy atom. The third-order valence-corrected chi connectivity index (χ3v) is 3.37. The molecule has 0 aliphatic rings. The van der Waals surface area contributed by atoms with Crippen molar-refractivity contribution in [3.8, 4) is 0 Å². The summed E-state index contributed by atoms with van der Waals surface area (Å²) in [6, 6.07) is 0. The van der Waals surface area contributed by atoms with E-state index in [0.29, 0.717) is 46.2 Å². The van der Waals surface area contributed by atoms with Crippen LogP contribution in [0.2, 0.25) is 0 Å². The van der Waals surface area contributed by atoms with Crippen LogP contribution < -0.4 is 5.32 Å². The van der Waals surface area contributed by atoms with E-state index in [9.17, 15) is 0 Å². The van der Waals surface area contributed by atoms with Crippen LogP contribution in [0, 0.1) is 5.92 Å². The van der Waals surface area contributed by atoms with Crippen LogP contribution >= 0.6 is 0 Å². The molecular formula is C19H39NO4. The molecule has 0 aromatic carbocycles. The van der Waals surface area contributed by atoms with Gasteiger partial charge >= 0.3 is 0 Å². The van der Waals surface area contributed by atoms with Gasteiger partial charge in [-0.25, -0.2) is 0 Å². The van der Waals surface area contributed by atoms with Crippen molar-refractivity contribution in [3.63, 3.8) is 0 Å². The molecule has 0 saturated heterocycles. The monoisotopic (exact) mass is 345 g/mol. The Hall–Kier alpha value is -0.620. The Morgan fingerprint density at radius 1 is 0.833 bits per heavy atom. The van der Waals surface area contributed by atoms with Gasteiger partial charge in [0, 0.05) is 18.8 Å². The second-order valence-electron chi connectivity index (χ2n) is 6.31. The summed E-state index contributed by atoms with van der Waals surface area (Å²) in [5.41, 5.74) is 0.935. The molecule has 0 rings (SSSR count). The molecule has 1 N–H and O–H groups in total. The second kappa shape index (κ2) is 18.7. The first-order valence-corrected chi connectivity index (χ1v) is 9.39. The highest BCUT2D eigenvalue weighted by Crippen LogP contribution is 2.02. The molecule has 0 aliphatic carbocycles. The minimum atomic E-state index is 0.538. The Labute approximate surface area is 149 Å². The largest absolute Gasteiger partial charge is 0.387 e. The van der Waals surface area contributed by atoms with Crippen molar-refractivity contribution in [1.82, 2.24) is 5.32 Å². The van der Waals surface area contributed by atoms with E-state index in [1.807, 2.05) is 0 Å². The molecule has 0 amide bonds. The molecule has 0 aliphatic heterocycles. The van der Waals surface area contributed by atoms with Gasteiger partial charge in [-0.3, -0.25) is 0 Å². The van der Waals surface area contributed by atoms with Crippen LogP contribution in [-0.4, -0.2) is 59.4 Å². The normalized spacial score (nSPS) is 11.2. The van der Waals surface area contributed by atoms with Gasteiger partial charge in [0.1, 0.15) is 0 Å². The highest BCUT2D eigenvalue weighted by molar-refractivity contribution is 4.90. The molecule has 5 nitrogen and oxygen atoms in total. The first kappa shape index (κ1) is 23.4. The van der Waals surface area contributed by atoms with E-state index in [2.05, 4.69) is 32.7 Å². The quantitative estimate of drug-likeness (QED) is 0.364. The van der Waals surface area contributed by atoms with E-state index in [1.54, 1.807) is 0 Å². The van der Waals surface area contributed by atoms with Crippen LogP contribution in [0.25, 0.3) is 0 Å². The Bertz CT molecular complexity index is 272. The maximum absolute atomic E-state index is 5.51. The Kier molecular flexibility index (Phi) is 18.2. The van der Waals surface area contributed by atoms with E-state index >= 15 is 0 Å². The SMILES string of the molecule is C=C(COCCOCCOCCOCCCC)NCCCC(C)C. The lowest BCUT2D eigenvalue weighted by Gasteiger charge is -2.11. The van der Waals surface area contributed by atoms with Crippen LogP contribution in [0.1, 0.15) is 46.5 Å². The Balaban J connectivity index is 3.12. The van der Waals surface area contributed by atoms with Crippen molar-refractivity contribution >= 4 is 0 Å². The predicted octanol–water partition coefficient (Wildman–Crippen LogP) is 3.39. The lowest BCUT2D eigenvalue weighted by molar-refractivity contribution is -0.000135. The zero-order chi connectivity index (χ0) is 17.9. The Morgan fingerprint density at radius 2 is 1.38 bits per heavy atom. The van der Waals surface area contributed by atoms with E-state index in [1.165, 1.54) is 12.8 Å². The van der Waals surface area contributed by atoms with Gasteiger partial charge in [0.2, 0.25) is 0 Å². The van der Waals surface area contributed by atoms with E-state index in [4.69, 9.17) is 18.9 Å². The number of nitrogens with one attached hydrogen (secondary N) is 1. The molecule has 5 heteroatoms. The highest BCUT2D eigenvalue weighted by Gasteiger charge is 1.97. The summed E-state index contributed by atoms with van der Waals surface area (Å²) in [7, 11) is 0. The summed E-state index contributed by atoms with van der Waals surface area (Å²) >= 11 is 0. The lowest BCUT2D eigenvalue weighted by Crippen LogP contribution is -2.19. The predicted molar refractivity (Wildman–Crippen MR) is 99.4 cm³/mol. The molecule has 0 atom stereocenters. The number of hydrogen-bond donors (Lipinski definition) is 1. The highest BCUT2D eigenvalue weighted by atomic mass is 16.6. The molecule has 144 valence electrons. The molecule has 0 spiro atoms. The van der Waals surface area contributed by atoms with Crippen LogP contribution in [0.15, 0.2) is 12.3 Å². The van der Waals surface area contributed by atoms with Crippen LogP contribution in [-0.2, 0) is 18.9 Å². The summed E-state index contributed by atoms with van der Waals surface area (Å²) in [6.07, 6.45) is 4.69. The van der Waals surface area contributed by atoms with E-state index < -0.39 is 0 Å². The smallest absolute Gasteiger partial charge is 0.0857 e. The maximum atomic E-state index is 5.51. The second-order valence-corrected chi connectivity index (χ2v) is 6.31. The van der Waals surface area contributed by atoms with E-state index in [-0.39, 0.29) is 0 Å². The topological polar surface area (TPSA) is 49.0 Å².